The van der Waals surface area contributed by atoms with Crippen molar-refractivity contribution in [2.24, 2.45) is 0 Å². The van der Waals surface area contributed by atoms with E-state index in [0.29, 0.717) is 37.1 Å². The van der Waals surface area contributed by atoms with E-state index >= 15 is 0 Å². The van der Waals surface area contributed by atoms with Gasteiger partial charge in [0.2, 0.25) is 0 Å². The molecule has 1 aromatic carbocycles. The van der Waals surface area contributed by atoms with Gasteiger partial charge in [0, 0.05) is 17.7 Å². The largest absolute Gasteiger partial charge is 0.494 e. The molecule has 1 aliphatic rings. The van der Waals surface area contributed by atoms with Crippen molar-refractivity contribution in [3.8, 4) is 17.2 Å². The number of ether oxygens (including phenoxy) is 4. The molecule has 1 fully saturated rings. The van der Waals surface area contributed by atoms with E-state index in [-0.39, 0.29) is 12.1 Å². The first-order valence-corrected chi connectivity index (χ1v) is 9.63. The summed E-state index contributed by atoms with van der Waals surface area (Å²) in [6.45, 7) is 7.32. The highest BCUT2D eigenvalue weighted by atomic mass is 16.5. The first-order valence-electron chi connectivity index (χ1n) is 9.63. The molecule has 1 aliphatic carbocycles. The van der Waals surface area contributed by atoms with Crippen molar-refractivity contribution in [2.75, 3.05) is 19.8 Å². The predicted molar refractivity (Wildman–Crippen MR) is 102 cm³/mol. The molecular formula is C21H30O5. The van der Waals surface area contributed by atoms with Crippen molar-refractivity contribution in [2.45, 2.75) is 59.0 Å². The van der Waals surface area contributed by atoms with E-state index in [1.54, 1.807) is 6.08 Å². The lowest BCUT2D eigenvalue weighted by molar-refractivity contribution is -0.144. The molecule has 144 valence electrons. The molecule has 0 amide bonds. The number of carbonyl (C=O) groups excluding carboxylic acids is 1. The standard InChI is InChI=1S/C21H30O5/c1-4-23-18-14-16(21(25-6-3)19(15-18)24-5-2)12-13-20(22)26-17-10-8-7-9-11-17/h12-15,17H,4-11H2,1-3H3. The second-order valence-electron chi connectivity index (χ2n) is 6.17. The Balaban J connectivity index is 2.19. The van der Waals surface area contributed by atoms with Gasteiger partial charge in [-0.1, -0.05) is 6.42 Å². The molecule has 0 saturated heterocycles. The van der Waals surface area contributed by atoms with E-state index < -0.39 is 0 Å². The van der Waals surface area contributed by atoms with Crippen LogP contribution in [0.5, 0.6) is 17.2 Å². The van der Waals surface area contributed by atoms with Crippen molar-refractivity contribution in [3.05, 3.63) is 23.8 Å². The van der Waals surface area contributed by atoms with Crippen LogP contribution < -0.4 is 14.2 Å². The Morgan fingerprint density at radius 1 is 1.00 bits per heavy atom. The summed E-state index contributed by atoms with van der Waals surface area (Å²) in [6, 6.07) is 3.66. The van der Waals surface area contributed by atoms with Crippen LogP contribution >= 0.6 is 0 Å². The number of esters is 1. The minimum absolute atomic E-state index is 0.0426. The molecule has 0 bridgehead atoms. The van der Waals surface area contributed by atoms with Gasteiger partial charge in [-0.2, -0.15) is 0 Å². The summed E-state index contributed by atoms with van der Waals surface area (Å²) in [7, 11) is 0. The van der Waals surface area contributed by atoms with Crippen LogP contribution in [0.25, 0.3) is 6.08 Å². The lowest BCUT2D eigenvalue weighted by Crippen LogP contribution is -2.19. The zero-order valence-corrected chi connectivity index (χ0v) is 16.1. The van der Waals surface area contributed by atoms with E-state index in [9.17, 15) is 4.79 Å². The zero-order chi connectivity index (χ0) is 18.8. The zero-order valence-electron chi connectivity index (χ0n) is 16.1. The van der Waals surface area contributed by atoms with Crippen LogP contribution in [-0.2, 0) is 9.53 Å². The molecule has 0 radical (unpaired) electrons. The Bertz CT molecular complexity index is 603. The lowest BCUT2D eigenvalue weighted by atomic mass is 9.98. The molecule has 0 atom stereocenters. The van der Waals surface area contributed by atoms with Gasteiger partial charge in [0.1, 0.15) is 11.9 Å². The van der Waals surface area contributed by atoms with Gasteiger partial charge in [0.25, 0.3) is 0 Å². The van der Waals surface area contributed by atoms with Gasteiger partial charge >= 0.3 is 5.97 Å². The Labute approximate surface area is 156 Å². The Kier molecular flexibility index (Phi) is 8.32. The number of benzene rings is 1. The van der Waals surface area contributed by atoms with Crippen molar-refractivity contribution >= 4 is 12.0 Å². The van der Waals surface area contributed by atoms with Gasteiger partial charge in [0.15, 0.2) is 11.5 Å². The topological polar surface area (TPSA) is 54.0 Å². The molecular weight excluding hydrogens is 332 g/mol. The van der Waals surface area contributed by atoms with Crippen LogP contribution in [0.2, 0.25) is 0 Å². The maximum absolute atomic E-state index is 12.2. The van der Waals surface area contributed by atoms with Crippen molar-refractivity contribution < 1.29 is 23.7 Å². The Morgan fingerprint density at radius 2 is 1.69 bits per heavy atom. The third-order valence-corrected chi connectivity index (χ3v) is 4.19. The summed E-state index contributed by atoms with van der Waals surface area (Å²) < 4.78 is 22.6. The number of hydrogen-bond donors (Lipinski definition) is 0. The molecule has 0 heterocycles. The molecule has 5 heteroatoms. The van der Waals surface area contributed by atoms with E-state index in [1.165, 1.54) is 12.5 Å². The van der Waals surface area contributed by atoms with Crippen LogP contribution in [0.15, 0.2) is 18.2 Å². The smallest absolute Gasteiger partial charge is 0.331 e. The summed E-state index contributed by atoms with van der Waals surface area (Å²) >= 11 is 0. The second kappa shape index (κ2) is 10.7. The lowest BCUT2D eigenvalue weighted by Gasteiger charge is -2.21. The molecule has 26 heavy (non-hydrogen) atoms. The average Bonchev–Trinajstić information content (AvgIpc) is 2.63. The SMILES string of the molecule is CCOc1cc(C=CC(=O)OC2CCCCC2)c(OCC)c(OCC)c1. The molecule has 1 aromatic rings. The van der Waals surface area contributed by atoms with Gasteiger partial charge in [-0.25, -0.2) is 4.79 Å². The summed E-state index contributed by atoms with van der Waals surface area (Å²) in [5, 5.41) is 0. The van der Waals surface area contributed by atoms with Gasteiger partial charge in [0.05, 0.1) is 19.8 Å². The van der Waals surface area contributed by atoms with Gasteiger partial charge in [-0.15, -0.1) is 0 Å². The quantitative estimate of drug-likeness (QED) is 0.468. The molecule has 0 aliphatic heterocycles. The van der Waals surface area contributed by atoms with E-state index in [4.69, 9.17) is 18.9 Å². The Hall–Kier alpha value is -2.17. The first-order chi connectivity index (χ1) is 12.7. The fourth-order valence-electron chi connectivity index (χ4n) is 3.08. The number of hydrogen-bond acceptors (Lipinski definition) is 5. The molecule has 5 nitrogen and oxygen atoms in total. The number of rotatable bonds is 9. The van der Waals surface area contributed by atoms with Crippen LogP contribution in [0, 0.1) is 0 Å². The van der Waals surface area contributed by atoms with Gasteiger partial charge < -0.3 is 18.9 Å². The van der Waals surface area contributed by atoms with E-state index in [0.717, 1.165) is 31.2 Å². The Morgan fingerprint density at radius 3 is 2.35 bits per heavy atom. The highest BCUT2D eigenvalue weighted by Crippen LogP contribution is 2.37. The number of carbonyl (C=O) groups is 1. The van der Waals surface area contributed by atoms with Crippen molar-refractivity contribution in [3.63, 3.8) is 0 Å². The normalized spacial score (nSPS) is 15.0. The molecule has 0 unspecified atom stereocenters. The summed E-state index contributed by atoms with van der Waals surface area (Å²) in [4.78, 5) is 12.2. The minimum Gasteiger partial charge on any atom is -0.494 e. The fourth-order valence-corrected chi connectivity index (χ4v) is 3.08. The predicted octanol–water partition coefficient (Wildman–Crippen LogP) is 4.77. The highest BCUT2D eigenvalue weighted by molar-refractivity contribution is 5.88. The van der Waals surface area contributed by atoms with Gasteiger partial charge in [-0.05, 0) is 58.6 Å². The molecule has 0 N–H and O–H groups in total. The van der Waals surface area contributed by atoms with Crippen molar-refractivity contribution in [1.29, 1.82) is 0 Å². The molecule has 2 rings (SSSR count). The maximum atomic E-state index is 12.2. The van der Waals surface area contributed by atoms with E-state index in [1.807, 2.05) is 32.9 Å². The van der Waals surface area contributed by atoms with Crippen LogP contribution in [0.3, 0.4) is 0 Å². The monoisotopic (exact) mass is 362 g/mol. The third-order valence-electron chi connectivity index (χ3n) is 4.19. The molecule has 0 spiro atoms. The third kappa shape index (κ3) is 5.97. The summed E-state index contributed by atoms with van der Waals surface area (Å²) in [5.41, 5.74) is 0.738. The van der Waals surface area contributed by atoms with Gasteiger partial charge in [-0.3, -0.25) is 0 Å². The maximum Gasteiger partial charge on any atom is 0.331 e. The summed E-state index contributed by atoms with van der Waals surface area (Å²) in [5.74, 6) is 1.58. The molecule has 0 aromatic heterocycles. The summed E-state index contributed by atoms with van der Waals surface area (Å²) in [6.07, 6.45) is 8.61. The highest BCUT2D eigenvalue weighted by Gasteiger charge is 2.17. The first kappa shape index (κ1) is 20.1. The van der Waals surface area contributed by atoms with Crippen LogP contribution in [0.4, 0.5) is 0 Å². The fraction of sp³-hybridized carbons (Fsp3) is 0.571. The van der Waals surface area contributed by atoms with Crippen molar-refractivity contribution in [1.82, 2.24) is 0 Å². The minimum atomic E-state index is -0.320. The van der Waals surface area contributed by atoms with Crippen LogP contribution in [-0.4, -0.2) is 31.9 Å². The molecule has 1 saturated carbocycles. The van der Waals surface area contributed by atoms with Crippen LogP contribution in [0.1, 0.15) is 58.4 Å². The van der Waals surface area contributed by atoms with E-state index in [2.05, 4.69) is 0 Å². The average molecular weight is 362 g/mol. The second-order valence-corrected chi connectivity index (χ2v) is 6.17.